The number of carbonyl (C=O) groups is 1. The summed E-state index contributed by atoms with van der Waals surface area (Å²) in [5.41, 5.74) is 1.91. The second kappa shape index (κ2) is 5.61. The Hall–Kier alpha value is -0.910. The molecule has 0 radical (unpaired) electrons. The average Bonchev–Trinajstić information content (AvgIpc) is 3.08. The van der Waals surface area contributed by atoms with E-state index in [1.807, 2.05) is 29.2 Å². The number of alkyl halides is 1. The molecule has 19 heavy (non-hydrogen) atoms. The Morgan fingerprint density at radius 3 is 2.79 bits per heavy atom. The molecule has 1 aromatic rings. The third-order valence-electron chi connectivity index (χ3n) is 3.50. The molecule has 0 saturated carbocycles. The maximum absolute atomic E-state index is 12.0. The molecule has 0 bridgehead atoms. The summed E-state index contributed by atoms with van der Waals surface area (Å²) in [5, 5.41) is 0.865. The number of ether oxygens (including phenoxy) is 2. The molecule has 2 aliphatic rings. The van der Waals surface area contributed by atoms with Crippen LogP contribution in [0.5, 0.6) is 0 Å². The van der Waals surface area contributed by atoms with Crippen LogP contribution in [0.15, 0.2) is 24.3 Å². The van der Waals surface area contributed by atoms with E-state index in [0.717, 1.165) is 23.1 Å². The van der Waals surface area contributed by atoms with Crippen molar-refractivity contribution >= 4 is 27.5 Å². The third kappa shape index (κ3) is 2.68. The molecule has 1 amide bonds. The Labute approximate surface area is 120 Å². The van der Waals surface area contributed by atoms with Crippen molar-refractivity contribution < 1.29 is 14.3 Å². The van der Waals surface area contributed by atoms with E-state index >= 15 is 0 Å². The van der Waals surface area contributed by atoms with E-state index in [-0.39, 0.29) is 12.2 Å². The van der Waals surface area contributed by atoms with Crippen LogP contribution in [0.1, 0.15) is 18.3 Å². The van der Waals surface area contributed by atoms with Crippen LogP contribution >= 0.6 is 15.9 Å². The molecule has 2 aliphatic heterocycles. The van der Waals surface area contributed by atoms with Crippen molar-refractivity contribution in [3.8, 4) is 0 Å². The molecule has 102 valence electrons. The highest BCUT2D eigenvalue weighted by Gasteiger charge is 2.30. The minimum atomic E-state index is -0.287. The van der Waals surface area contributed by atoms with Gasteiger partial charge >= 0.3 is 0 Å². The van der Waals surface area contributed by atoms with E-state index in [1.165, 1.54) is 0 Å². The summed E-state index contributed by atoms with van der Waals surface area (Å²) in [5.74, 6) is 0.588. The van der Waals surface area contributed by atoms with Gasteiger partial charge in [0.25, 0.3) is 0 Å². The third-order valence-corrected chi connectivity index (χ3v) is 4.41. The Bertz CT molecular complexity index is 474. The summed E-state index contributed by atoms with van der Waals surface area (Å²) in [6.45, 7) is 2.03. The van der Waals surface area contributed by atoms with Gasteiger partial charge in [0.1, 0.15) is 0 Å². The lowest BCUT2D eigenvalue weighted by Crippen LogP contribution is -2.24. The van der Waals surface area contributed by atoms with E-state index < -0.39 is 0 Å². The molecule has 0 aromatic heterocycles. The highest BCUT2D eigenvalue weighted by atomic mass is 79.9. The highest BCUT2D eigenvalue weighted by molar-refractivity contribution is 9.09. The zero-order valence-corrected chi connectivity index (χ0v) is 12.1. The van der Waals surface area contributed by atoms with E-state index in [1.54, 1.807) is 0 Å². The molecule has 0 aliphatic carbocycles. The summed E-state index contributed by atoms with van der Waals surface area (Å²) in [6.07, 6.45) is 0.330. The van der Waals surface area contributed by atoms with Crippen LogP contribution in [-0.4, -0.2) is 31.0 Å². The molecule has 3 rings (SSSR count). The fourth-order valence-corrected chi connectivity index (χ4v) is 2.96. The maximum atomic E-state index is 12.0. The van der Waals surface area contributed by atoms with Crippen LogP contribution in [0.4, 0.5) is 5.69 Å². The van der Waals surface area contributed by atoms with Crippen molar-refractivity contribution in [2.45, 2.75) is 12.7 Å². The second-order valence-electron chi connectivity index (χ2n) is 4.90. The van der Waals surface area contributed by atoms with Gasteiger partial charge in [0.15, 0.2) is 6.29 Å². The molecule has 2 saturated heterocycles. The maximum Gasteiger partial charge on any atom is 0.227 e. The molecule has 1 aromatic carbocycles. The minimum Gasteiger partial charge on any atom is -0.346 e. The SMILES string of the molecule is O=C1CC(CBr)CN1c1cccc(C2OCCO2)c1. The second-order valence-corrected chi connectivity index (χ2v) is 5.54. The summed E-state index contributed by atoms with van der Waals surface area (Å²) in [6, 6.07) is 7.88. The van der Waals surface area contributed by atoms with Gasteiger partial charge in [-0.2, -0.15) is 0 Å². The monoisotopic (exact) mass is 325 g/mol. The van der Waals surface area contributed by atoms with E-state index in [9.17, 15) is 4.79 Å². The molecule has 0 N–H and O–H groups in total. The first-order valence-corrected chi connectivity index (χ1v) is 7.59. The smallest absolute Gasteiger partial charge is 0.227 e. The average molecular weight is 326 g/mol. The van der Waals surface area contributed by atoms with Gasteiger partial charge in [-0.25, -0.2) is 0 Å². The Kier molecular flexibility index (Phi) is 3.86. The van der Waals surface area contributed by atoms with E-state index in [4.69, 9.17) is 9.47 Å². The first kappa shape index (κ1) is 13.1. The molecule has 1 atom stereocenters. The van der Waals surface area contributed by atoms with Crippen LogP contribution in [0.3, 0.4) is 0 Å². The lowest BCUT2D eigenvalue weighted by Gasteiger charge is -2.18. The van der Waals surface area contributed by atoms with Crippen molar-refractivity contribution in [3.05, 3.63) is 29.8 Å². The number of halogens is 1. The van der Waals surface area contributed by atoms with E-state index in [2.05, 4.69) is 15.9 Å². The van der Waals surface area contributed by atoms with Gasteiger partial charge in [-0.15, -0.1) is 0 Å². The standard InChI is InChI=1S/C14H16BrNO3/c15-8-10-6-13(17)16(9-10)12-3-1-2-11(7-12)14-18-4-5-19-14/h1-3,7,10,14H,4-6,8-9H2. The summed E-state index contributed by atoms with van der Waals surface area (Å²) in [4.78, 5) is 13.9. The molecule has 0 spiro atoms. The normalized spacial score (nSPS) is 24.4. The fourth-order valence-electron chi connectivity index (χ4n) is 2.52. The van der Waals surface area contributed by atoms with Crippen molar-refractivity contribution in [2.24, 2.45) is 5.92 Å². The fraction of sp³-hybridized carbons (Fsp3) is 0.500. The Morgan fingerprint density at radius 1 is 1.32 bits per heavy atom. The Morgan fingerprint density at radius 2 is 2.11 bits per heavy atom. The summed E-state index contributed by atoms with van der Waals surface area (Å²) < 4.78 is 11.0. The number of hydrogen-bond acceptors (Lipinski definition) is 3. The lowest BCUT2D eigenvalue weighted by molar-refractivity contribution is -0.117. The quantitative estimate of drug-likeness (QED) is 0.801. The van der Waals surface area contributed by atoms with Crippen LogP contribution in [0.2, 0.25) is 0 Å². The van der Waals surface area contributed by atoms with Gasteiger partial charge in [0.05, 0.1) is 13.2 Å². The predicted molar refractivity (Wildman–Crippen MR) is 75.3 cm³/mol. The van der Waals surface area contributed by atoms with Gasteiger partial charge < -0.3 is 14.4 Å². The molecule has 5 heteroatoms. The van der Waals surface area contributed by atoms with Crippen LogP contribution in [-0.2, 0) is 14.3 Å². The molecular formula is C14H16BrNO3. The number of hydrogen-bond donors (Lipinski definition) is 0. The zero-order chi connectivity index (χ0) is 13.2. The predicted octanol–water partition coefficient (Wildman–Crippen LogP) is 2.48. The molecule has 1 unspecified atom stereocenters. The highest BCUT2D eigenvalue weighted by Crippen LogP contribution is 2.30. The minimum absolute atomic E-state index is 0.190. The molecule has 2 fully saturated rings. The number of carbonyl (C=O) groups excluding carboxylic acids is 1. The van der Waals surface area contributed by atoms with Crippen LogP contribution < -0.4 is 4.90 Å². The van der Waals surface area contributed by atoms with Crippen molar-refractivity contribution in [2.75, 3.05) is 30.0 Å². The van der Waals surface area contributed by atoms with Gasteiger partial charge in [-0.3, -0.25) is 4.79 Å². The van der Waals surface area contributed by atoms with Gasteiger partial charge in [0, 0.05) is 29.5 Å². The lowest BCUT2D eigenvalue weighted by atomic mass is 10.1. The van der Waals surface area contributed by atoms with Gasteiger partial charge in [0.2, 0.25) is 5.91 Å². The van der Waals surface area contributed by atoms with Crippen molar-refractivity contribution in [1.82, 2.24) is 0 Å². The largest absolute Gasteiger partial charge is 0.346 e. The zero-order valence-electron chi connectivity index (χ0n) is 10.5. The van der Waals surface area contributed by atoms with Gasteiger partial charge in [-0.1, -0.05) is 28.1 Å². The topological polar surface area (TPSA) is 38.8 Å². The summed E-state index contributed by atoms with van der Waals surface area (Å²) in [7, 11) is 0. The molecule has 4 nitrogen and oxygen atoms in total. The van der Waals surface area contributed by atoms with Crippen molar-refractivity contribution in [1.29, 1.82) is 0 Å². The summed E-state index contributed by atoms with van der Waals surface area (Å²) >= 11 is 3.45. The Balaban J connectivity index is 1.81. The van der Waals surface area contributed by atoms with Crippen LogP contribution in [0.25, 0.3) is 0 Å². The molecule has 2 heterocycles. The first-order chi connectivity index (χ1) is 9.28. The molecular weight excluding hydrogens is 310 g/mol. The van der Waals surface area contributed by atoms with Crippen molar-refractivity contribution in [3.63, 3.8) is 0 Å². The number of rotatable bonds is 3. The number of nitrogens with zero attached hydrogens (tertiary/aromatic N) is 1. The first-order valence-electron chi connectivity index (χ1n) is 6.47. The number of benzene rings is 1. The van der Waals surface area contributed by atoms with E-state index in [0.29, 0.717) is 25.6 Å². The van der Waals surface area contributed by atoms with Gasteiger partial charge in [-0.05, 0) is 18.1 Å². The number of amides is 1. The van der Waals surface area contributed by atoms with Crippen LogP contribution in [0, 0.1) is 5.92 Å². The number of anilines is 1.